The van der Waals surface area contributed by atoms with E-state index in [1.807, 2.05) is 13.0 Å². The lowest BCUT2D eigenvalue weighted by molar-refractivity contribution is -0.115. The van der Waals surface area contributed by atoms with E-state index in [1.54, 1.807) is 0 Å². The molecule has 0 aromatic rings. The third kappa shape index (κ3) is 9.31. The summed E-state index contributed by atoms with van der Waals surface area (Å²) in [5.41, 5.74) is 5.05. The van der Waals surface area contributed by atoms with E-state index in [4.69, 9.17) is 4.74 Å². The lowest BCUT2D eigenvalue weighted by Gasteiger charge is -2.65. The summed E-state index contributed by atoms with van der Waals surface area (Å²) >= 11 is 0. The van der Waals surface area contributed by atoms with Gasteiger partial charge in [0.05, 0.1) is 0 Å². The minimum atomic E-state index is -0.267. The molecule has 0 aliphatic heterocycles. The lowest BCUT2D eigenvalue weighted by Crippen LogP contribution is -2.65. The first-order valence-corrected chi connectivity index (χ1v) is 15.2. The maximum Gasteiger partial charge on any atom is 0.412 e. The first-order valence-electron chi connectivity index (χ1n) is 15.2. The molecule has 2 unspecified atom stereocenters. The number of hydrogen-bond acceptors (Lipinski definition) is 2. The number of ether oxygens (including phenoxy) is 1. The third-order valence-corrected chi connectivity index (χ3v) is 9.12. The number of allylic oxidation sites excluding steroid dienone is 10. The van der Waals surface area contributed by atoms with Gasteiger partial charge in [-0.05, 0) is 141 Å². The van der Waals surface area contributed by atoms with E-state index in [0.29, 0.717) is 16.6 Å². The molecule has 4 saturated carbocycles. The molecular weight excluding hydrogens is 466 g/mol. The monoisotopic (exact) mass is 521 g/mol. The van der Waals surface area contributed by atoms with Crippen molar-refractivity contribution in [1.82, 2.24) is 5.32 Å². The summed E-state index contributed by atoms with van der Waals surface area (Å²) in [6.07, 6.45) is 28.0. The molecule has 4 aliphatic rings. The minimum absolute atomic E-state index is 0.0657. The summed E-state index contributed by atoms with van der Waals surface area (Å²) < 4.78 is 5.70. The number of rotatable bonds is 13. The zero-order chi connectivity index (χ0) is 27.8. The van der Waals surface area contributed by atoms with Gasteiger partial charge in [0.2, 0.25) is 0 Å². The molecule has 0 saturated heterocycles. The highest BCUT2D eigenvalue weighted by Crippen LogP contribution is 2.66. The number of amides is 1. The van der Waals surface area contributed by atoms with Crippen LogP contribution >= 0.6 is 0 Å². The van der Waals surface area contributed by atoms with E-state index < -0.39 is 0 Å². The summed E-state index contributed by atoms with van der Waals surface area (Å²) in [4.78, 5) is 12.8. The maximum absolute atomic E-state index is 12.8. The van der Waals surface area contributed by atoms with Crippen LogP contribution in [-0.2, 0) is 4.74 Å². The Morgan fingerprint density at radius 1 is 0.789 bits per heavy atom. The second kappa shape index (κ2) is 13.4. The third-order valence-electron chi connectivity index (χ3n) is 9.12. The predicted octanol–water partition coefficient (Wildman–Crippen LogP) is 10.5. The molecular formula is C35H55NO2. The number of alkyl carbamates (subject to hydrolysis) is 1. The number of nitrogens with one attached hydrogen (secondary N) is 1. The van der Waals surface area contributed by atoms with E-state index in [0.717, 1.165) is 63.7 Å². The number of carbonyl (C=O) groups is 1. The van der Waals surface area contributed by atoms with Crippen LogP contribution in [0.15, 0.2) is 58.9 Å². The number of hydrogen-bond donors (Lipinski definition) is 1. The van der Waals surface area contributed by atoms with E-state index in [1.165, 1.54) is 42.4 Å². The molecule has 1 amide bonds. The Hall–Kier alpha value is -2.03. The molecule has 4 aliphatic carbocycles. The highest BCUT2D eigenvalue weighted by atomic mass is 16.6. The summed E-state index contributed by atoms with van der Waals surface area (Å²) in [6, 6.07) is 0. The van der Waals surface area contributed by atoms with Gasteiger partial charge in [-0.3, -0.25) is 0 Å². The first kappa shape index (κ1) is 30.5. The molecule has 0 spiro atoms. The van der Waals surface area contributed by atoms with Gasteiger partial charge < -0.3 is 10.1 Å². The average Bonchev–Trinajstić information content (AvgIpc) is 2.76. The Labute approximate surface area is 234 Å². The minimum Gasteiger partial charge on any atom is -0.416 e. The fraction of sp³-hybridized carbons (Fsp3) is 0.686. The highest BCUT2D eigenvalue weighted by Gasteiger charge is 2.60. The normalized spacial score (nSPS) is 31.8. The van der Waals surface area contributed by atoms with Gasteiger partial charge in [0.1, 0.15) is 5.76 Å². The van der Waals surface area contributed by atoms with Gasteiger partial charge in [-0.15, -0.1) is 0 Å². The van der Waals surface area contributed by atoms with Crippen molar-refractivity contribution in [2.75, 3.05) is 0 Å². The molecule has 38 heavy (non-hydrogen) atoms. The molecule has 4 rings (SSSR count). The van der Waals surface area contributed by atoms with E-state index in [9.17, 15) is 4.79 Å². The Kier molecular flexibility index (Phi) is 10.7. The molecule has 4 fully saturated rings. The summed E-state index contributed by atoms with van der Waals surface area (Å²) in [7, 11) is 0. The van der Waals surface area contributed by atoms with Gasteiger partial charge in [0, 0.05) is 5.54 Å². The zero-order valence-corrected chi connectivity index (χ0v) is 25.6. The standard InChI is InChI=1S/C35H55NO2/c1-8-9-10-14-27(2)15-11-16-28(3)17-12-18-29(4)19-13-20-30(5)38-32(37)36-35-23-31-21-33(6,25-35)24-34(7,22-31)26-35/h8-9,15,17,19-20,31H,10-14,16,18,21-26H2,1-7H3,(H,36,37)/b9-8+,27-15+,28-17+,29-19+,30-20+. The van der Waals surface area contributed by atoms with Crippen LogP contribution in [0.1, 0.15) is 132 Å². The Balaban J connectivity index is 1.36. The van der Waals surface area contributed by atoms with Gasteiger partial charge in [-0.25, -0.2) is 4.79 Å². The quantitative estimate of drug-likeness (QED) is 0.193. The van der Waals surface area contributed by atoms with Crippen LogP contribution in [0.5, 0.6) is 0 Å². The fourth-order valence-corrected chi connectivity index (χ4v) is 8.32. The number of carbonyl (C=O) groups excluding carboxylic acids is 1. The second-order valence-electron chi connectivity index (χ2n) is 13.8. The molecule has 4 bridgehead atoms. The topological polar surface area (TPSA) is 38.3 Å². The highest BCUT2D eigenvalue weighted by molar-refractivity contribution is 5.69. The molecule has 0 aromatic heterocycles. The second-order valence-corrected chi connectivity index (χ2v) is 13.8. The van der Waals surface area contributed by atoms with Crippen molar-refractivity contribution in [1.29, 1.82) is 0 Å². The largest absolute Gasteiger partial charge is 0.416 e. The van der Waals surface area contributed by atoms with Crippen molar-refractivity contribution < 1.29 is 9.53 Å². The van der Waals surface area contributed by atoms with Gasteiger partial charge in [-0.2, -0.15) is 0 Å². The van der Waals surface area contributed by atoms with Gasteiger partial charge in [-0.1, -0.05) is 60.9 Å². The van der Waals surface area contributed by atoms with Crippen LogP contribution in [0.3, 0.4) is 0 Å². The Morgan fingerprint density at radius 2 is 1.34 bits per heavy atom. The average molecular weight is 522 g/mol. The molecule has 1 N–H and O–H groups in total. The van der Waals surface area contributed by atoms with E-state index in [2.05, 4.69) is 77.2 Å². The van der Waals surface area contributed by atoms with Gasteiger partial charge in [0.15, 0.2) is 0 Å². The summed E-state index contributed by atoms with van der Waals surface area (Å²) in [5.74, 6) is 1.45. The molecule has 0 aromatic carbocycles. The van der Waals surface area contributed by atoms with Crippen molar-refractivity contribution in [3.63, 3.8) is 0 Å². The van der Waals surface area contributed by atoms with Gasteiger partial charge in [0.25, 0.3) is 0 Å². The molecule has 3 heteroatoms. The summed E-state index contributed by atoms with van der Waals surface area (Å²) in [6.45, 7) is 15.5. The van der Waals surface area contributed by atoms with Crippen LogP contribution in [0.2, 0.25) is 0 Å². The van der Waals surface area contributed by atoms with E-state index in [-0.39, 0.29) is 11.6 Å². The van der Waals surface area contributed by atoms with Crippen LogP contribution in [0, 0.1) is 16.7 Å². The van der Waals surface area contributed by atoms with E-state index >= 15 is 0 Å². The van der Waals surface area contributed by atoms with Crippen molar-refractivity contribution in [2.45, 2.75) is 137 Å². The van der Waals surface area contributed by atoms with Crippen LogP contribution in [0.25, 0.3) is 0 Å². The summed E-state index contributed by atoms with van der Waals surface area (Å²) in [5, 5.41) is 3.35. The van der Waals surface area contributed by atoms with Crippen molar-refractivity contribution in [2.24, 2.45) is 16.7 Å². The van der Waals surface area contributed by atoms with Crippen molar-refractivity contribution in [3.05, 3.63) is 58.9 Å². The Bertz CT molecular complexity index is 960. The SMILES string of the molecule is C/C=C/CC/C(C)=C/CC/C(C)=C/CC/C(C)=C/C/C=C(\C)OC(=O)NC12CC3CC(C)(CC(C)(C3)C1)C2. The fourth-order valence-electron chi connectivity index (χ4n) is 8.32. The molecule has 3 nitrogen and oxygen atoms in total. The van der Waals surface area contributed by atoms with Crippen LogP contribution < -0.4 is 5.32 Å². The van der Waals surface area contributed by atoms with Gasteiger partial charge >= 0.3 is 6.09 Å². The zero-order valence-electron chi connectivity index (χ0n) is 25.6. The van der Waals surface area contributed by atoms with Crippen LogP contribution in [0.4, 0.5) is 4.79 Å². The first-order chi connectivity index (χ1) is 17.9. The molecule has 0 heterocycles. The predicted molar refractivity (Wildman–Crippen MR) is 162 cm³/mol. The smallest absolute Gasteiger partial charge is 0.412 e. The molecule has 2 atom stereocenters. The lowest BCUT2D eigenvalue weighted by atomic mass is 9.43. The van der Waals surface area contributed by atoms with Crippen molar-refractivity contribution >= 4 is 6.09 Å². The van der Waals surface area contributed by atoms with Crippen molar-refractivity contribution in [3.8, 4) is 0 Å². The molecule has 212 valence electrons. The molecule has 0 radical (unpaired) electrons. The maximum atomic E-state index is 12.8. The Morgan fingerprint density at radius 3 is 1.89 bits per heavy atom. The van der Waals surface area contributed by atoms with Crippen LogP contribution in [-0.4, -0.2) is 11.6 Å².